The summed E-state index contributed by atoms with van der Waals surface area (Å²) >= 11 is 0. The minimum absolute atomic E-state index is 0. The number of unbranched alkanes of at least 4 members (excludes halogenated alkanes) is 1. The van der Waals surface area contributed by atoms with Gasteiger partial charge in [0.15, 0.2) is 0 Å². The Kier molecular flexibility index (Phi) is 405. The average Bonchev–Trinajstić information content (AvgIpc) is 2.46. The van der Waals surface area contributed by atoms with Gasteiger partial charge in [-0.2, -0.15) is 0 Å². The zero-order valence-corrected chi connectivity index (χ0v) is 16.6. The van der Waals surface area contributed by atoms with Crippen LogP contribution in [0.2, 0.25) is 0 Å². The van der Waals surface area contributed by atoms with Crippen LogP contribution >= 0.6 is 0 Å². The lowest BCUT2D eigenvalue weighted by molar-refractivity contribution is 0.737. The molecule has 0 spiro atoms. The molecule has 0 saturated heterocycles. The fourth-order valence-electron chi connectivity index (χ4n) is 0. The second-order valence-electron chi connectivity index (χ2n) is 3.85. The molecule has 0 aliphatic rings. The molecular formula is C21H50. The first-order valence-corrected chi connectivity index (χ1v) is 7.88. The van der Waals surface area contributed by atoms with E-state index in [4.69, 9.17) is 0 Å². The minimum Gasteiger partial charge on any atom is -0.124 e. The predicted octanol–water partition coefficient (Wildman–Crippen LogP) is 8.79. The molecule has 0 nitrogen and oxygen atoms in total. The lowest BCUT2D eigenvalue weighted by Gasteiger charge is -1.79. The molecular weight excluding hydrogens is 252 g/mol. The van der Waals surface area contributed by atoms with Gasteiger partial charge in [-0.3, -0.25) is 0 Å². The summed E-state index contributed by atoms with van der Waals surface area (Å²) in [6.45, 7) is 30.4. The van der Waals surface area contributed by atoms with E-state index in [9.17, 15) is 0 Å². The van der Waals surface area contributed by atoms with Crippen LogP contribution in [0, 0.1) is 18.8 Å². The summed E-state index contributed by atoms with van der Waals surface area (Å²) < 4.78 is 0. The summed E-state index contributed by atoms with van der Waals surface area (Å²) in [6, 6.07) is 0. The largest absolute Gasteiger partial charge is 0.124 e. The summed E-state index contributed by atoms with van der Waals surface area (Å²) in [7, 11) is 0. The molecule has 21 heavy (non-hydrogen) atoms. The molecule has 0 aliphatic carbocycles. The van der Waals surface area contributed by atoms with E-state index < -0.39 is 0 Å². The number of hydrogen-bond acceptors (Lipinski definition) is 0. The SMILES string of the molecule is C.C#C.C=C.C=CC.CC.CC(C)C.CCC.CCCC. The monoisotopic (exact) mass is 302 g/mol. The zero-order chi connectivity index (χ0) is 18.4. The highest BCUT2D eigenvalue weighted by Crippen LogP contribution is 1.81. The van der Waals surface area contributed by atoms with Gasteiger partial charge in [0, 0.05) is 0 Å². The van der Waals surface area contributed by atoms with Gasteiger partial charge < -0.3 is 0 Å². The fourth-order valence-corrected chi connectivity index (χ4v) is 0. The van der Waals surface area contributed by atoms with Crippen molar-refractivity contribution in [3.05, 3.63) is 25.8 Å². The molecule has 0 N–H and O–H groups in total. The molecule has 0 aliphatic heterocycles. The molecule has 0 aromatic heterocycles. The Morgan fingerprint density at radius 3 is 0.905 bits per heavy atom. The quantitative estimate of drug-likeness (QED) is 0.335. The molecule has 0 aromatic rings. The predicted molar refractivity (Wildman–Crippen MR) is 112 cm³/mol. The summed E-state index contributed by atoms with van der Waals surface area (Å²) in [4.78, 5) is 0. The Bertz CT molecular complexity index is 82.7. The van der Waals surface area contributed by atoms with Crippen molar-refractivity contribution in [1.29, 1.82) is 0 Å². The van der Waals surface area contributed by atoms with Crippen LogP contribution in [0.4, 0.5) is 0 Å². The van der Waals surface area contributed by atoms with Gasteiger partial charge in [0.25, 0.3) is 0 Å². The molecule has 0 amide bonds. The van der Waals surface area contributed by atoms with Crippen molar-refractivity contribution in [2.45, 2.75) is 95.9 Å². The lowest BCUT2D eigenvalue weighted by atomic mass is 10.3. The molecule has 0 rings (SSSR count). The van der Waals surface area contributed by atoms with Gasteiger partial charge in [0.1, 0.15) is 0 Å². The van der Waals surface area contributed by atoms with Crippen LogP contribution in [0.15, 0.2) is 25.8 Å². The van der Waals surface area contributed by atoms with E-state index in [1.54, 1.807) is 6.08 Å². The Labute approximate surface area is 141 Å². The highest BCUT2D eigenvalue weighted by molar-refractivity contribution is 4.51. The van der Waals surface area contributed by atoms with Crippen LogP contribution in [-0.2, 0) is 0 Å². The third-order valence-corrected chi connectivity index (χ3v) is 0.500. The van der Waals surface area contributed by atoms with Gasteiger partial charge in [-0.25, -0.2) is 0 Å². The lowest BCUT2D eigenvalue weighted by Crippen LogP contribution is -1.66. The first-order valence-electron chi connectivity index (χ1n) is 7.88. The number of terminal acetylenes is 1. The van der Waals surface area contributed by atoms with Gasteiger partial charge in [0.2, 0.25) is 0 Å². The maximum atomic E-state index is 4.00. The third kappa shape index (κ3) is 3460000. The van der Waals surface area contributed by atoms with E-state index in [2.05, 4.69) is 81.0 Å². The van der Waals surface area contributed by atoms with Crippen molar-refractivity contribution >= 4 is 0 Å². The van der Waals surface area contributed by atoms with Crippen LogP contribution < -0.4 is 0 Å². The summed E-state index contributed by atoms with van der Waals surface area (Å²) in [5, 5.41) is 0. The molecule has 0 atom stereocenters. The second kappa shape index (κ2) is 170. The van der Waals surface area contributed by atoms with Gasteiger partial charge in [-0.15, -0.1) is 32.6 Å². The Morgan fingerprint density at radius 2 is 0.905 bits per heavy atom. The van der Waals surface area contributed by atoms with Crippen LogP contribution in [0.25, 0.3) is 0 Å². The normalized spacial score (nSPS) is 5.19. The number of rotatable bonds is 1. The van der Waals surface area contributed by atoms with Gasteiger partial charge >= 0.3 is 0 Å². The van der Waals surface area contributed by atoms with Crippen molar-refractivity contribution in [3.8, 4) is 12.8 Å². The average molecular weight is 303 g/mol. The van der Waals surface area contributed by atoms with Gasteiger partial charge in [-0.05, 0) is 12.8 Å². The molecule has 0 fully saturated rings. The van der Waals surface area contributed by atoms with Crippen molar-refractivity contribution < 1.29 is 0 Å². The van der Waals surface area contributed by atoms with Gasteiger partial charge in [-0.1, -0.05) is 95.1 Å². The topological polar surface area (TPSA) is 0 Å². The van der Waals surface area contributed by atoms with E-state index in [-0.39, 0.29) is 7.43 Å². The molecule has 0 heteroatoms. The Hall–Kier alpha value is -0.960. The minimum atomic E-state index is 0. The Balaban J connectivity index is -0.0000000159. The molecule has 0 saturated carbocycles. The first kappa shape index (κ1) is 50.1. The van der Waals surface area contributed by atoms with E-state index in [1.165, 1.54) is 19.3 Å². The molecule has 0 bridgehead atoms. The Morgan fingerprint density at radius 1 is 0.857 bits per heavy atom. The standard InChI is InChI=1S/2C4H10.C3H8.C3H6.C2H6.C2H4.C2H2.CH4/c1-4(2)3;1-3-4-2;2*1-3-2;3*1-2;/h4H,1-3H3;3-4H2,1-2H3;3H2,1-2H3;3H,1H2,2H3;1-2H3;1-2H2;1-2H;1H4. The van der Waals surface area contributed by atoms with Crippen LogP contribution in [-0.4, -0.2) is 0 Å². The highest BCUT2D eigenvalue weighted by Gasteiger charge is 1.68. The van der Waals surface area contributed by atoms with Crippen molar-refractivity contribution in [2.24, 2.45) is 5.92 Å². The summed E-state index contributed by atoms with van der Waals surface area (Å²) in [5.74, 6) is 0.833. The van der Waals surface area contributed by atoms with E-state index in [1.807, 2.05) is 20.8 Å². The summed E-state index contributed by atoms with van der Waals surface area (Å²) in [6.07, 6.45) is 13.6. The smallest absolute Gasteiger partial charge is 0.0473 e. The second-order valence-corrected chi connectivity index (χ2v) is 3.85. The molecule has 0 heterocycles. The fraction of sp³-hybridized carbons (Fsp3) is 0.714. The van der Waals surface area contributed by atoms with E-state index >= 15 is 0 Å². The number of allylic oxidation sites excluding steroid dienone is 1. The summed E-state index contributed by atoms with van der Waals surface area (Å²) in [5.41, 5.74) is 0. The van der Waals surface area contributed by atoms with Crippen LogP contribution in [0.1, 0.15) is 95.9 Å². The van der Waals surface area contributed by atoms with E-state index in [0.717, 1.165) is 5.92 Å². The van der Waals surface area contributed by atoms with Crippen molar-refractivity contribution in [3.63, 3.8) is 0 Å². The molecule has 134 valence electrons. The van der Waals surface area contributed by atoms with Crippen LogP contribution in [0.5, 0.6) is 0 Å². The third-order valence-electron chi connectivity index (χ3n) is 0.500. The molecule has 0 radical (unpaired) electrons. The molecule has 0 aromatic carbocycles. The van der Waals surface area contributed by atoms with E-state index in [0.29, 0.717) is 0 Å². The first-order chi connectivity index (χ1) is 9.47. The maximum absolute atomic E-state index is 4.00. The highest BCUT2D eigenvalue weighted by atomic mass is 13.7. The zero-order valence-electron chi connectivity index (χ0n) is 16.6. The van der Waals surface area contributed by atoms with Crippen molar-refractivity contribution in [2.75, 3.05) is 0 Å². The molecule has 0 unspecified atom stereocenters. The van der Waals surface area contributed by atoms with Crippen LogP contribution in [0.3, 0.4) is 0 Å². The van der Waals surface area contributed by atoms with Gasteiger partial charge in [0.05, 0.1) is 0 Å². The van der Waals surface area contributed by atoms with Crippen molar-refractivity contribution in [1.82, 2.24) is 0 Å². The number of hydrogen-bond donors (Lipinski definition) is 0. The maximum Gasteiger partial charge on any atom is -0.0473 e.